The number of carboxylic acid groups (broad SMARTS) is 1. The zero-order valence-electron chi connectivity index (χ0n) is 11.7. The number of hydrogen-bond acceptors (Lipinski definition) is 5. The van der Waals surface area contributed by atoms with Crippen LogP contribution in [-0.4, -0.2) is 32.8 Å². The second-order valence-electron chi connectivity index (χ2n) is 4.87. The van der Waals surface area contributed by atoms with E-state index in [2.05, 4.69) is 20.5 Å². The van der Waals surface area contributed by atoms with Crippen LogP contribution in [0.2, 0.25) is 0 Å². The first kappa shape index (κ1) is 13.9. The zero-order chi connectivity index (χ0) is 15.5. The van der Waals surface area contributed by atoms with Gasteiger partial charge in [-0.3, -0.25) is 9.89 Å². The van der Waals surface area contributed by atoms with Crippen LogP contribution >= 0.6 is 0 Å². The van der Waals surface area contributed by atoms with Crippen LogP contribution in [-0.2, 0) is 4.79 Å². The molecule has 112 valence electrons. The van der Waals surface area contributed by atoms with Crippen LogP contribution in [0.1, 0.15) is 6.42 Å². The van der Waals surface area contributed by atoms with E-state index in [0.29, 0.717) is 12.4 Å². The summed E-state index contributed by atoms with van der Waals surface area (Å²) in [5.41, 5.74) is 9.21. The van der Waals surface area contributed by atoms with Gasteiger partial charge < -0.3 is 16.2 Å². The molecule has 0 saturated heterocycles. The Morgan fingerprint density at radius 2 is 2.18 bits per heavy atom. The third-order valence-corrected chi connectivity index (χ3v) is 3.30. The van der Waals surface area contributed by atoms with Gasteiger partial charge in [-0.1, -0.05) is 12.1 Å². The second kappa shape index (κ2) is 5.72. The molecular weight excluding hydrogens is 282 g/mol. The van der Waals surface area contributed by atoms with Crippen LogP contribution in [0.25, 0.3) is 22.2 Å². The van der Waals surface area contributed by atoms with E-state index in [1.807, 2.05) is 24.3 Å². The number of carbonyl (C=O) groups is 1. The number of hydrogen-bond donors (Lipinski definition) is 4. The predicted molar refractivity (Wildman–Crippen MR) is 84.5 cm³/mol. The van der Waals surface area contributed by atoms with Crippen molar-refractivity contribution in [1.82, 2.24) is 15.2 Å². The van der Waals surface area contributed by atoms with Crippen LogP contribution in [0.4, 0.5) is 11.5 Å². The Bertz CT molecular complexity index is 814. The molecule has 1 aromatic carbocycles. The van der Waals surface area contributed by atoms with Crippen molar-refractivity contribution in [2.24, 2.45) is 0 Å². The summed E-state index contributed by atoms with van der Waals surface area (Å²) < 4.78 is 0. The Kier molecular flexibility index (Phi) is 3.61. The average molecular weight is 297 g/mol. The Labute approximate surface area is 126 Å². The summed E-state index contributed by atoms with van der Waals surface area (Å²) in [6, 6.07) is 9.39. The molecule has 3 aromatic rings. The van der Waals surface area contributed by atoms with Crippen LogP contribution < -0.4 is 11.1 Å². The fourth-order valence-corrected chi connectivity index (χ4v) is 2.28. The summed E-state index contributed by atoms with van der Waals surface area (Å²) in [5, 5.41) is 19.5. The smallest absolute Gasteiger partial charge is 0.305 e. The number of rotatable bonds is 5. The number of pyridine rings is 1. The van der Waals surface area contributed by atoms with E-state index in [0.717, 1.165) is 27.8 Å². The molecule has 0 spiro atoms. The number of benzene rings is 1. The number of carboxylic acids is 1. The largest absolute Gasteiger partial charge is 0.481 e. The predicted octanol–water partition coefficient (Wildman–Crippen LogP) is 2.09. The van der Waals surface area contributed by atoms with Gasteiger partial charge in [-0.15, -0.1) is 0 Å². The van der Waals surface area contributed by atoms with Gasteiger partial charge in [-0.05, 0) is 12.1 Å². The lowest BCUT2D eigenvalue weighted by Gasteiger charge is -2.10. The first-order chi connectivity index (χ1) is 10.6. The first-order valence-corrected chi connectivity index (χ1v) is 6.79. The van der Waals surface area contributed by atoms with E-state index < -0.39 is 5.97 Å². The number of nitrogen functional groups attached to an aromatic ring is 1. The van der Waals surface area contributed by atoms with Gasteiger partial charge in [0.15, 0.2) is 0 Å². The van der Waals surface area contributed by atoms with Crippen molar-refractivity contribution < 1.29 is 9.90 Å². The molecule has 2 heterocycles. The fourth-order valence-electron chi connectivity index (χ4n) is 2.28. The highest BCUT2D eigenvalue weighted by Crippen LogP contribution is 2.28. The number of nitrogens with zero attached hydrogens (tertiary/aromatic N) is 2. The van der Waals surface area contributed by atoms with Gasteiger partial charge in [0.25, 0.3) is 0 Å². The van der Waals surface area contributed by atoms with Crippen molar-refractivity contribution in [3.05, 3.63) is 36.5 Å². The number of anilines is 2. The molecule has 7 heteroatoms. The number of aliphatic carboxylic acids is 1. The third kappa shape index (κ3) is 2.83. The molecule has 0 aliphatic heterocycles. The summed E-state index contributed by atoms with van der Waals surface area (Å²) in [4.78, 5) is 14.9. The molecule has 0 aliphatic rings. The summed E-state index contributed by atoms with van der Waals surface area (Å²) in [6.07, 6.45) is 1.72. The molecule has 0 bridgehead atoms. The summed E-state index contributed by atoms with van der Waals surface area (Å²) in [7, 11) is 0. The molecule has 22 heavy (non-hydrogen) atoms. The highest BCUT2D eigenvalue weighted by atomic mass is 16.4. The molecule has 0 radical (unpaired) electrons. The molecule has 3 rings (SSSR count). The summed E-state index contributed by atoms with van der Waals surface area (Å²) in [6.45, 7) is 0.330. The van der Waals surface area contributed by atoms with Crippen molar-refractivity contribution >= 4 is 28.4 Å². The minimum atomic E-state index is -0.847. The average Bonchev–Trinajstić information content (AvgIpc) is 3.00. The zero-order valence-corrected chi connectivity index (χ0v) is 11.7. The summed E-state index contributed by atoms with van der Waals surface area (Å²) in [5.74, 6) is -0.465. The second-order valence-corrected chi connectivity index (χ2v) is 4.87. The van der Waals surface area contributed by atoms with E-state index in [-0.39, 0.29) is 6.42 Å². The van der Waals surface area contributed by atoms with E-state index in [9.17, 15) is 4.79 Å². The Balaban J connectivity index is 1.97. The SMILES string of the molecule is Nc1cc(NCCC(=O)O)c2ccc(-c3ccn[nH]3)cc2n1. The standard InChI is InChI=1S/C15H15N5O2/c16-14-8-12(17-5-4-15(21)22)10-2-1-9(7-13(10)19-14)11-3-6-18-20-11/h1-3,6-8H,4-5H2,(H,18,20)(H,21,22)(H3,16,17,19). The van der Waals surface area contributed by atoms with Gasteiger partial charge in [0.05, 0.1) is 17.6 Å². The molecule has 0 unspecified atom stereocenters. The maximum atomic E-state index is 10.6. The minimum Gasteiger partial charge on any atom is -0.481 e. The Morgan fingerprint density at radius 1 is 1.32 bits per heavy atom. The van der Waals surface area contributed by atoms with E-state index in [1.54, 1.807) is 12.3 Å². The molecule has 0 saturated carbocycles. The quantitative estimate of drug-likeness (QED) is 0.573. The highest BCUT2D eigenvalue weighted by molar-refractivity contribution is 5.95. The molecule has 0 aliphatic carbocycles. The van der Waals surface area contributed by atoms with Crippen molar-refractivity contribution in [1.29, 1.82) is 0 Å². The van der Waals surface area contributed by atoms with E-state index >= 15 is 0 Å². The Hall–Kier alpha value is -3.09. The normalized spacial score (nSPS) is 10.7. The maximum Gasteiger partial charge on any atom is 0.305 e. The molecule has 7 nitrogen and oxygen atoms in total. The lowest BCUT2D eigenvalue weighted by molar-refractivity contribution is -0.136. The van der Waals surface area contributed by atoms with Gasteiger partial charge in [-0.25, -0.2) is 4.98 Å². The van der Waals surface area contributed by atoms with Crippen molar-refractivity contribution in [3.8, 4) is 11.3 Å². The van der Waals surface area contributed by atoms with Crippen LogP contribution in [0.3, 0.4) is 0 Å². The number of nitrogens with two attached hydrogens (primary N) is 1. The molecular formula is C15H15N5O2. The van der Waals surface area contributed by atoms with Crippen LogP contribution in [0, 0.1) is 0 Å². The van der Waals surface area contributed by atoms with Gasteiger partial charge in [0.2, 0.25) is 0 Å². The Morgan fingerprint density at radius 3 is 2.91 bits per heavy atom. The number of aromatic amines is 1. The van der Waals surface area contributed by atoms with Crippen molar-refractivity contribution in [3.63, 3.8) is 0 Å². The van der Waals surface area contributed by atoms with E-state index in [1.165, 1.54) is 0 Å². The van der Waals surface area contributed by atoms with Crippen LogP contribution in [0.15, 0.2) is 36.5 Å². The van der Waals surface area contributed by atoms with Gasteiger partial charge in [0, 0.05) is 35.4 Å². The molecule has 5 N–H and O–H groups in total. The van der Waals surface area contributed by atoms with Gasteiger partial charge in [-0.2, -0.15) is 5.10 Å². The van der Waals surface area contributed by atoms with Gasteiger partial charge >= 0.3 is 5.97 Å². The lowest BCUT2D eigenvalue weighted by Crippen LogP contribution is -2.08. The van der Waals surface area contributed by atoms with Crippen LogP contribution in [0.5, 0.6) is 0 Å². The first-order valence-electron chi connectivity index (χ1n) is 6.79. The molecule has 0 atom stereocenters. The maximum absolute atomic E-state index is 10.6. The monoisotopic (exact) mass is 297 g/mol. The third-order valence-electron chi connectivity index (χ3n) is 3.30. The highest BCUT2D eigenvalue weighted by Gasteiger charge is 2.07. The van der Waals surface area contributed by atoms with Crippen molar-refractivity contribution in [2.45, 2.75) is 6.42 Å². The minimum absolute atomic E-state index is 0.0376. The molecule has 0 amide bonds. The van der Waals surface area contributed by atoms with Crippen molar-refractivity contribution in [2.75, 3.05) is 17.6 Å². The topological polar surface area (TPSA) is 117 Å². The van der Waals surface area contributed by atoms with Gasteiger partial charge in [0.1, 0.15) is 5.82 Å². The number of fused-ring (bicyclic) bond motifs is 1. The molecule has 2 aromatic heterocycles. The lowest BCUT2D eigenvalue weighted by atomic mass is 10.1. The van der Waals surface area contributed by atoms with E-state index in [4.69, 9.17) is 10.8 Å². The molecule has 0 fully saturated rings. The number of H-pyrrole nitrogens is 1. The summed E-state index contributed by atoms with van der Waals surface area (Å²) >= 11 is 0. The number of nitrogens with one attached hydrogen (secondary N) is 2. The fraction of sp³-hybridized carbons (Fsp3) is 0.133. The number of aromatic nitrogens is 3.